The summed E-state index contributed by atoms with van der Waals surface area (Å²) in [6.07, 6.45) is 1.12. The molecule has 0 spiro atoms. The first kappa shape index (κ1) is 15.3. The molecule has 0 saturated carbocycles. The molecule has 0 aromatic heterocycles. The number of hydrogen-bond acceptors (Lipinski definition) is 3. The SMILES string of the molecule is Cc1cc(CNC(C)(C)C)ccc1N1CCCOCC1. The molecule has 0 amide bonds. The number of nitrogens with zero attached hydrogens (tertiary/aromatic N) is 1. The van der Waals surface area contributed by atoms with Crippen molar-refractivity contribution in [3.8, 4) is 0 Å². The molecule has 1 fully saturated rings. The van der Waals surface area contributed by atoms with Crippen molar-refractivity contribution in [1.29, 1.82) is 0 Å². The van der Waals surface area contributed by atoms with Crippen LogP contribution in [0.3, 0.4) is 0 Å². The molecule has 0 bridgehead atoms. The third kappa shape index (κ3) is 4.50. The third-order valence-electron chi connectivity index (χ3n) is 3.65. The molecule has 1 aliphatic heterocycles. The maximum Gasteiger partial charge on any atom is 0.0641 e. The lowest BCUT2D eigenvalue weighted by molar-refractivity contribution is 0.152. The summed E-state index contributed by atoms with van der Waals surface area (Å²) in [4.78, 5) is 2.45. The van der Waals surface area contributed by atoms with Gasteiger partial charge in [0.25, 0.3) is 0 Å². The van der Waals surface area contributed by atoms with Gasteiger partial charge in [-0.15, -0.1) is 0 Å². The molecule has 0 aliphatic carbocycles. The van der Waals surface area contributed by atoms with Crippen molar-refractivity contribution in [3.05, 3.63) is 29.3 Å². The minimum absolute atomic E-state index is 0.161. The second-order valence-electron chi connectivity index (χ2n) is 6.68. The molecule has 0 atom stereocenters. The van der Waals surface area contributed by atoms with Crippen molar-refractivity contribution in [2.75, 3.05) is 31.2 Å². The van der Waals surface area contributed by atoms with Crippen LogP contribution in [0.25, 0.3) is 0 Å². The van der Waals surface area contributed by atoms with Crippen molar-refractivity contribution < 1.29 is 4.74 Å². The van der Waals surface area contributed by atoms with E-state index in [4.69, 9.17) is 4.74 Å². The minimum Gasteiger partial charge on any atom is -0.380 e. The zero-order valence-electron chi connectivity index (χ0n) is 13.3. The Balaban J connectivity index is 2.05. The molecule has 3 heteroatoms. The lowest BCUT2D eigenvalue weighted by atomic mass is 10.1. The number of nitrogens with one attached hydrogen (secondary N) is 1. The van der Waals surface area contributed by atoms with Gasteiger partial charge in [-0.05, 0) is 51.3 Å². The van der Waals surface area contributed by atoms with E-state index in [-0.39, 0.29) is 5.54 Å². The van der Waals surface area contributed by atoms with E-state index in [2.05, 4.69) is 56.1 Å². The molecular formula is C17H28N2O. The van der Waals surface area contributed by atoms with Gasteiger partial charge in [0, 0.05) is 37.5 Å². The number of rotatable bonds is 3. The average molecular weight is 276 g/mol. The zero-order valence-corrected chi connectivity index (χ0v) is 13.3. The van der Waals surface area contributed by atoms with Crippen LogP contribution in [0, 0.1) is 6.92 Å². The number of aryl methyl sites for hydroxylation is 1. The summed E-state index contributed by atoms with van der Waals surface area (Å²) in [7, 11) is 0. The van der Waals surface area contributed by atoms with E-state index in [1.165, 1.54) is 16.8 Å². The van der Waals surface area contributed by atoms with E-state index in [0.717, 1.165) is 39.3 Å². The summed E-state index contributed by atoms with van der Waals surface area (Å²) >= 11 is 0. The molecule has 0 unspecified atom stereocenters. The van der Waals surface area contributed by atoms with Gasteiger partial charge < -0.3 is 15.0 Å². The molecule has 1 heterocycles. The lowest BCUT2D eigenvalue weighted by Gasteiger charge is -2.25. The molecule has 1 N–H and O–H groups in total. The normalized spacial score (nSPS) is 17.1. The smallest absolute Gasteiger partial charge is 0.0641 e. The molecule has 0 radical (unpaired) electrons. The standard InChI is InChI=1S/C17H28N2O/c1-14-12-15(13-18-17(2,3)4)6-7-16(14)19-8-5-10-20-11-9-19/h6-7,12,18H,5,8-11,13H2,1-4H3. The fourth-order valence-electron chi connectivity index (χ4n) is 2.54. The largest absolute Gasteiger partial charge is 0.380 e. The van der Waals surface area contributed by atoms with E-state index in [1.54, 1.807) is 0 Å². The Morgan fingerprint density at radius 1 is 1.20 bits per heavy atom. The summed E-state index contributed by atoms with van der Waals surface area (Å²) in [6.45, 7) is 13.6. The fourth-order valence-corrected chi connectivity index (χ4v) is 2.54. The number of benzene rings is 1. The Bertz CT molecular complexity index is 429. The predicted molar refractivity (Wildman–Crippen MR) is 85.4 cm³/mol. The zero-order chi connectivity index (χ0) is 14.6. The first-order valence-corrected chi connectivity index (χ1v) is 7.63. The molecular weight excluding hydrogens is 248 g/mol. The maximum absolute atomic E-state index is 5.53. The van der Waals surface area contributed by atoms with E-state index in [1.807, 2.05) is 0 Å². The van der Waals surface area contributed by atoms with E-state index >= 15 is 0 Å². The van der Waals surface area contributed by atoms with E-state index in [0.29, 0.717) is 0 Å². The summed E-state index contributed by atoms with van der Waals surface area (Å²) in [5.41, 5.74) is 4.23. The van der Waals surface area contributed by atoms with Crippen LogP contribution in [0.2, 0.25) is 0 Å². The monoisotopic (exact) mass is 276 g/mol. The fraction of sp³-hybridized carbons (Fsp3) is 0.647. The van der Waals surface area contributed by atoms with Crippen molar-refractivity contribution in [1.82, 2.24) is 5.32 Å². The van der Waals surface area contributed by atoms with Gasteiger partial charge in [-0.2, -0.15) is 0 Å². The lowest BCUT2D eigenvalue weighted by Crippen LogP contribution is -2.35. The molecule has 1 saturated heterocycles. The summed E-state index contributed by atoms with van der Waals surface area (Å²) in [5.74, 6) is 0. The number of hydrogen-bond donors (Lipinski definition) is 1. The van der Waals surface area contributed by atoms with Crippen LogP contribution in [0.4, 0.5) is 5.69 Å². The molecule has 1 aromatic rings. The summed E-state index contributed by atoms with van der Waals surface area (Å²) in [6, 6.07) is 6.81. The van der Waals surface area contributed by atoms with Crippen molar-refractivity contribution >= 4 is 5.69 Å². The summed E-state index contributed by atoms with van der Waals surface area (Å²) in [5, 5.41) is 3.54. The predicted octanol–water partition coefficient (Wildman–Crippen LogP) is 3.11. The van der Waals surface area contributed by atoms with Gasteiger partial charge in [0.1, 0.15) is 0 Å². The Labute approximate surface area is 123 Å². The van der Waals surface area contributed by atoms with Gasteiger partial charge in [0.2, 0.25) is 0 Å². The minimum atomic E-state index is 0.161. The number of ether oxygens (including phenoxy) is 1. The van der Waals surface area contributed by atoms with E-state index in [9.17, 15) is 0 Å². The molecule has 20 heavy (non-hydrogen) atoms. The highest BCUT2D eigenvalue weighted by molar-refractivity contribution is 5.54. The van der Waals surface area contributed by atoms with Crippen LogP contribution < -0.4 is 10.2 Å². The highest BCUT2D eigenvalue weighted by Gasteiger charge is 2.13. The van der Waals surface area contributed by atoms with Crippen LogP contribution in [-0.4, -0.2) is 31.8 Å². The quantitative estimate of drug-likeness (QED) is 0.918. The molecule has 1 aliphatic rings. The van der Waals surface area contributed by atoms with Crippen LogP contribution in [0.15, 0.2) is 18.2 Å². The van der Waals surface area contributed by atoms with E-state index < -0.39 is 0 Å². The third-order valence-corrected chi connectivity index (χ3v) is 3.65. The first-order valence-electron chi connectivity index (χ1n) is 7.63. The molecule has 2 rings (SSSR count). The second kappa shape index (κ2) is 6.59. The molecule has 112 valence electrons. The first-order chi connectivity index (χ1) is 9.46. The van der Waals surface area contributed by atoms with Gasteiger partial charge in [-0.1, -0.05) is 12.1 Å². The Morgan fingerprint density at radius 3 is 2.70 bits per heavy atom. The Kier molecular flexibility index (Phi) is 5.06. The van der Waals surface area contributed by atoms with Gasteiger partial charge >= 0.3 is 0 Å². The van der Waals surface area contributed by atoms with Gasteiger partial charge in [-0.25, -0.2) is 0 Å². The van der Waals surface area contributed by atoms with Gasteiger partial charge in [0.05, 0.1) is 6.61 Å². The number of anilines is 1. The maximum atomic E-state index is 5.53. The highest BCUT2D eigenvalue weighted by Crippen LogP contribution is 2.22. The Hall–Kier alpha value is -1.06. The van der Waals surface area contributed by atoms with Crippen molar-refractivity contribution in [3.63, 3.8) is 0 Å². The van der Waals surface area contributed by atoms with Gasteiger partial charge in [0.15, 0.2) is 0 Å². The van der Waals surface area contributed by atoms with Crippen LogP contribution in [0.5, 0.6) is 0 Å². The van der Waals surface area contributed by atoms with Crippen LogP contribution >= 0.6 is 0 Å². The molecule has 1 aromatic carbocycles. The Morgan fingerprint density at radius 2 is 2.00 bits per heavy atom. The average Bonchev–Trinajstić information content (AvgIpc) is 2.64. The van der Waals surface area contributed by atoms with Crippen LogP contribution in [0.1, 0.15) is 38.3 Å². The van der Waals surface area contributed by atoms with Gasteiger partial charge in [-0.3, -0.25) is 0 Å². The summed E-state index contributed by atoms with van der Waals surface area (Å²) < 4.78 is 5.53. The van der Waals surface area contributed by atoms with Crippen LogP contribution in [-0.2, 0) is 11.3 Å². The molecule has 3 nitrogen and oxygen atoms in total. The second-order valence-corrected chi connectivity index (χ2v) is 6.68. The van der Waals surface area contributed by atoms with Crippen molar-refractivity contribution in [2.24, 2.45) is 0 Å². The highest BCUT2D eigenvalue weighted by atomic mass is 16.5. The van der Waals surface area contributed by atoms with Crippen molar-refractivity contribution in [2.45, 2.75) is 46.2 Å². The topological polar surface area (TPSA) is 24.5 Å².